The number of carbonyl (C=O) groups excluding carboxylic acids is 1. The molecule has 2 N–H and O–H groups in total. The van der Waals surface area contributed by atoms with Crippen molar-refractivity contribution in [2.75, 3.05) is 18.9 Å². The van der Waals surface area contributed by atoms with E-state index >= 15 is 0 Å². The zero-order valence-corrected chi connectivity index (χ0v) is 14.2. The first kappa shape index (κ1) is 20.4. The minimum absolute atomic E-state index is 0. The summed E-state index contributed by atoms with van der Waals surface area (Å²) in [5, 5.41) is 10.1. The molecule has 2 rings (SSSR count). The van der Waals surface area contributed by atoms with Crippen LogP contribution in [0.1, 0.15) is 12.5 Å². The summed E-state index contributed by atoms with van der Waals surface area (Å²) in [7, 11) is 1.83. The van der Waals surface area contributed by atoms with Crippen LogP contribution in [0.2, 0.25) is 0 Å². The summed E-state index contributed by atoms with van der Waals surface area (Å²) in [5.41, 5.74) is 1.12. The van der Waals surface area contributed by atoms with Gasteiger partial charge in [-0.05, 0) is 24.7 Å². The molecule has 6 nitrogen and oxygen atoms in total. The smallest absolute Gasteiger partial charge is 0.229 e. The summed E-state index contributed by atoms with van der Waals surface area (Å²) in [6, 6.07) is 5.68. The van der Waals surface area contributed by atoms with E-state index in [-0.39, 0.29) is 36.6 Å². The number of aromatic nitrogens is 3. The van der Waals surface area contributed by atoms with Crippen molar-refractivity contribution in [2.24, 2.45) is 5.92 Å². The SMILES string of the molecule is CNCC(C)C(=O)Nc1ccn(Cc2ccncc2)n1.Cl.Cl. The third kappa shape index (κ3) is 6.01. The maximum Gasteiger partial charge on any atom is 0.229 e. The van der Waals surface area contributed by atoms with E-state index in [9.17, 15) is 4.79 Å². The van der Waals surface area contributed by atoms with Crippen LogP contribution in [0.5, 0.6) is 0 Å². The molecule has 0 fully saturated rings. The van der Waals surface area contributed by atoms with Crippen LogP contribution in [0, 0.1) is 5.92 Å². The number of pyridine rings is 1. The van der Waals surface area contributed by atoms with E-state index in [0.29, 0.717) is 18.9 Å². The average molecular weight is 346 g/mol. The van der Waals surface area contributed by atoms with Crippen LogP contribution < -0.4 is 10.6 Å². The maximum atomic E-state index is 11.9. The molecule has 0 aliphatic rings. The molecule has 0 aliphatic heterocycles. The van der Waals surface area contributed by atoms with Gasteiger partial charge in [-0.15, -0.1) is 24.8 Å². The van der Waals surface area contributed by atoms with Crippen molar-refractivity contribution < 1.29 is 4.79 Å². The first-order valence-corrected chi connectivity index (χ1v) is 6.57. The Kier molecular flexibility index (Phi) is 9.40. The molecule has 22 heavy (non-hydrogen) atoms. The molecule has 122 valence electrons. The van der Waals surface area contributed by atoms with Crippen molar-refractivity contribution in [3.05, 3.63) is 42.4 Å². The van der Waals surface area contributed by atoms with E-state index in [4.69, 9.17) is 0 Å². The van der Waals surface area contributed by atoms with Gasteiger partial charge in [-0.1, -0.05) is 6.92 Å². The van der Waals surface area contributed by atoms with Crippen LogP contribution in [-0.4, -0.2) is 34.3 Å². The summed E-state index contributed by atoms with van der Waals surface area (Å²) in [4.78, 5) is 15.8. The highest BCUT2D eigenvalue weighted by Crippen LogP contribution is 2.07. The third-order valence-corrected chi connectivity index (χ3v) is 2.94. The van der Waals surface area contributed by atoms with Crippen LogP contribution in [0.4, 0.5) is 5.82 Å². The largest absolute Gasteiger partial charge is 0.319 e. The van der Waals surface area contributed by atoms with E-state index < -0.39 is 0 Å². The lowest BCUT2D eigenvalue weighted by atomic mass is 10.1. The van der Waals surface area contributed by atoms with Gasteiger partial charge < -0.3 is 10.6 Å². The number of amides is 1. The van der Waals surface area contributed by atoms with Gasteiger partial charge in [0.15, 0.2) is 5.82 Å². The predicted octanol–water partition coefficient (Wildman–Crippen LogP) is 1.96. The fourth-order valence-corrected chi connectivity index (χ4v) is 1.84. The van der Waals surface area contributed by atoms with Crippen molar-refractivity contribution in [3.63, 3.8) is 0 Å². The summed E-state index contributed by atoms with van der Waals surface area (Å²) in [6.07, 6.45) is 5.35. The molecule has 2 aromatic heterocycles. The highest BCUT2D eigenvalue weighted by molar-refractivity contribution is 5.91. The predicted molar refractivity (Wildman–Crippen MR) is 91.8 cm³/mol. The minimum atomic E-state index is -0.0923. The Morgan fingerprint density at radius 1 is 1.27 bits per heavy atom. The fourth-order valence-electron chi connectivity index (χ4n) is 1.84. The number of nitrogens with one attached hydrogen (secondary N) is 2. The molecular formula is C14H21Cl2N5O. The van der Waals surface area contributed by atoms with Gasteiger partial charge in [0.1, 0.15) is 0 Å². The Labute approximate surface area is 142 Å². The Balaban J connectivity index is 0.00000220. The van der Waals surface area contributed by atoms with Gasteiger partial charge in [0, 0.05) is 37.1 Å². The van der Waals surface area contributed by atoms with Gasteiger partial charge in [0.05, 0.1) is 6.54 Å². The second kappa shape index (κ2) is 10.2. The van der Waals surface area contributed by atoms with Crippen LogP contribution in [0.15, 0.2) is 36.8 Å². The molecule has 0 saturated heterocycles. The van der Waals surface area contributed by atoms with E-state index in [2.05, 4.69) is 20.7 Å². The fraction of sp³-hybridized carbons (Fsp3) is 0.357. The van der Waals surface area contributed by atoms with Gasteiger partial charge in [-0.2, -0.15) is 5.10 Å². The molecule has 2 heterocycles. The summed E-state index contributed by atoms with van der Waals surface area (Å²) in [5.74, 6) is 0.450. The topological polar surface area (TPSA) is 71.8 Å². The number of hydrogen-bond donors (Lipinski definition) is 2. The molecular weight excluding hydrogens is 325 g/mol. The van der Waals surface area contributed by atoms with Crippen molar-refractivity contribution in [1.82, 2.24) is 20.1 Å². The molecule has 1 atom stereocenters. The Morgan fingerprint density at radius 3 is 2.59 bits per heavy atom. The summed E-state index contributed by atoms with van der Waals surface area (Å²) in [6.45, 7) is 3.17. The number of nitrogens with zero attached hydrogens (tertiary/aromatic N) is 3. The highest BCUT2D eigenvalue weighted by Gasteiger charge is 2.13. The number of carbonyl (C=O) groups is 1. The molecule has 1 unspecified atom stereocenters. The molecule has 0 aromatic carbocycles. The highest BCUT2D eigenvalue weighted by atomic mass is 35.5. The molecule has 0 bridgehead atoms. The second-order valence-corrected chi connectivity index (χ2v) is 4.70. The molecule has 0 aliphatic carbocycles. The van der Waals surface area contributed by atoms with Crippen molar-refractivity contribution >= 4 is 36.5 Å². The zero-order valence-electron chi connectivity index (χ0n) is 12.5. The molecule has 1 amide bonds. The normalized spacial score (nSPS) is 11.0. The number of halogens is 2. The van der Waals surface area contributed by atoms with E-state index in [1.807, 2.05) is 32.3 Å². The van der Waals surface area contributed by atoms with Crippen LogP contribution in [0.25, 0.3) is 0 Å². The average Bonchev–Trinajstić information content (AvgIpc) is 2.87. The minimum Gasteiger partial charge on any atom is -0.319 e. The van der Waals surface area contributed by atoms with Crippen LogP contribution in [0.3, 0.4) is 0 Å². The van der Waals surface area contributed by atoms with Crippen LogP contribution in [-0.2, 0) is 11.3 Å². The number of hydrogen-bond acceptors (Lipinski definition) is 4. The van der Waals surface area contributed by atoms with Gasteiger partial charge in [0.2, 0.25) is 5.91 Å². The lowest BCUT2D eigenvalue weighted by Gasteiger charge is -2.09. The van der Waals surface area contributed by atoms with E-state index in [1.165, 1.54) is 0 Å². The number of anilines is 1. The number of rotatable bonds is 6. The van der Waals surface area contributed by atoms with Gasteiger partial charge >= 0.3 is 0 Å². The van der Waals surface area contributed by atoms with Gasteiger partial charge in [-0.3, -0.25) is 14.5 Å². The molecule has 0 spiro atoms. The van der Waals surface area contributed by atoms with E-state index in [0.717, 1.165) is 5.56 Å². The van der Waals surface area contributed by atoms with E-state index in [1.54, 1.807) is 23.1 Å². The lowest BCUT2D eigenvalue weighted by Crippen LogP contribution is -2.28. The quantitative estimate of drug-likeness (QED) is 0.839. The van der Waals surface area contributed by atoms with Gasteiger partial charge in [0.25, 0.3) is 0 Å². The Hall–Kier alpha value is -1.63. The monoisotopic (exact) mass is 345 g/mol. The van der Waals surface area contributed by atoms with Crippen molar-refractivity contribution in [2.45, 2.75) is 13.5 Å². The second-order valence-electron chi connectivity index (χ2n) is 4.70. The standard InChI is InChI=1S/C14H19N5O.2ClH/c1-11(9-15-2)14(20)17-13-5-8-19(18-13)10-12-3-6-16-7-4-12;;/h3-8,11,15H,9-10H2,1-2H3,(H,17,18,20);2*1H. The maximum absolute atomic E-state index is 11.9. The molecule has 8 heteroatoms. The zero-order chi connectivity index (χ0) is 14.4. The van der Waals surface area contributed by atoms with Crippen molar-refractivity contribution in [1.29, 1.82) is 0 Å². The Morgan fingerprint density at radius 2 is 1.95 bits per heavy atom. The molecule has 2 aromatic rings. The first-order chi connectivity index (χ1) is 9.69. The lowest BCUT2D eigenvalue weighted by molar-refractivity contribution is -0.119. The first-order valence-electron chi connectivity index (χ1n) is 6.57. The Bertz CT molecular complexity index is 561. The van der Waals surface area contributed by atoms with Crippen LogP contribution >= 0.6 is 24.8 Å². The third-order valence-electron chi connectivity index (χ3n) is 2.94. The summed E-state index contributed by atoms with van der Waals surface area (Å²) < 4.78 is 1.79. The van der Waals surface area contributed by atoms with Gasteiger partial charge in [-0.25, -0.2) is 0 Å². The summed E-state index contributed by atoms with van der Waals surface area (Å²) >= 11 is 0. The molecule has 0 saturated carbocycles. The van der Waals surface area contributed by atoms with Crippen molar-refractivity contribution in [3.8, 4) is 0 Å². The molecule has 0 radical (unpaired) electrons.